The molecule has 0 N–H and O–H groups in total. The predicted molar refractivity (Wildman–Crippen MR) is 505 cm³/mol. The van der Waals surface area contributed by atoms with Gasteiger partial charge in [-0.2, -0.15) is 0 Å². The molecule has 566 valence electrons. The molecule has 17 aromatic carbocycles. The number of hydrogen-bond donors (Lipinski definition) is 0. The lowest BCUT2D eigenvalue weighted by atomic mass is 9.33. The van der Waals surface area contributed by atoms with Gasteiger partial charge in [0.2, 0.25) is 0 Å². The van der Waals surface area contributed by atoms with E-state index in [4.69, 9.17) is 0 Å². The monoisotopic (exact) mass is 1520 g/mol. The zero-order chi connectivity index (χ0) is 87.1. The van der Waals surface area contributed by atoms with Gasteiger partial charge in [-0.15, -0.1) is 0 Å². The summed E-state index contributed by atoms with van der Waals surface area (Å²) in [7, 11) is 0. The molecule has 0 atom stereocenters. The van der Waals surface area contributed by atoms with Gasteiger partial charge in [0.1, 0.15) is 0 Å². The summed E-state index contributed by atoms with van der Waals surface area (Å²) in [6, 6.07) is 122. The molecule has 0 bridgehead atoms. The number of nitrogens with zero attached hydrogens (tertiary/aromatic N) is 3. The van der Waals surface area contributed by atoms with E-state index in [1.54, 1.807) is 4.57 Å². The number of fused-ring (bicyclic) bond motifs is 7. The Kier molecular flexibility index (Phi) is 15.9. The van der Waals surface area contributed by atoms with E-state index in [9.17, 15) is 11.0 Å². The summed E-state index contributed by atoms with van der Waals surface area (Å²) >= 11 is 0. The molecule has 0 spiro atoms. The zero-order valence-corrected chi connectivity index (χ0v) is 67.8. The number of hydrogen-bond acceptors (Lipinski definition) is 2. The molecule has 4 heteroatoms. The smallest absolute Gasteiger partial charge is 0.252 e. The Hall–Kier alpha value is -13.8. The number of anilines is 6. The molecule has 0 unspecified atom stereocenters. The van der Waals surface area contributed by atoms with E-state index in [0.717, 1.165) is 167 Å². The first-order valence-corrected chi connectivity index (χ1v) is 41.0. The highest BCUT2D eigenvalue weighted by Gasteiger charge is 2.46. The minimum absolute atomic E-state index is 0.00511. The highest BCUT2D eigenvalue weighted by atomic mass is 15.2. The van der Waals surface area contributed by atoms with E-state index in [1.165, 1.54) is 11.1 Å². The van der Waals surface area contributed by atoms with Gasteiger partial charge in [0.05, 0.1) is 33.4 Å². The maximum atomic E-state index is 10.1. The van der Waals surface area contributed by atoms with Crippen molar-refractivity contribution in [2.75, 3.05) is 9.80 Å². The molecule has 118 heavy (non-hydrogen) atoms. The predicted octanol–water partition coefficient (Wildman–Crippen LogP) is 29.4. The summed E-state index contributed by atoms with van der Waals surface area (Å²) in [5.74, 6) is 0. The van der Waals surface area contributed by atoms with E-state index < -0.39 is 48.4 Å². The third kappa shape index (κ3) is 13.1. The summed E-state index contributed by atoms with van der Waals surface area (Å²) in [4.78, 5) is 5.10. The molecule has 0 radical (unpaired) electrons. The number of para-hydroxylation sites is 2. The number of rotatable bonds is 13. The van der Waals surface area contributed by atoms with E-state index in [2.05, 4.69) is 412 Å². The van der Waals surface area contributed by atoms with Crippen molar-refractivity contribution in [3.8, 4) is 117 Å². The summed E-state index contributed by atoms with van der Waals surface area (Å²) in [6.07, 6.45) is 0. The second-order valence-corrected chi connectivity index (χ2v) is 34.7. The molecule has 18 aromatic rings. The van der Waals surface area contributed by atoms with Crippen LogP contribution in [-0.2, 0) is 16.2 Å². The fourth-order valence-corrected chi connectivity index (χ4v) is 17.9. The van der Waals surface area contributed by atoms with Crippen LogP contribution in [0, 0.1) is 0 Å². The van der Waals surface area contributed by atoms with Crippen molar-refractivity contribution in [1.82, 2.24) is 4.57 Å². The Balaban J connectivity index is 1.01. The lowest BCUT2D eigenvalue weighted by Gasteiger charge is -2.46. The Labute approximate surface area is 706 Å². The number of benzene rings is 17. The normalized spacial score (nSPS) is 13.5. The van der Waals surface area contributed by atoms with Gasteiger partial charge >= 0.3 is 0 Å². The molecular weight excluding hydrogens is 1420 g/mol. The maximum absolute atomic E-state index is 10.1. The molecule has 3 heterocycles. The first kappa shape index (κ1) is 64.5. The summed E-state index contributed by atoms with van der Waals surface area (Å²) in [5.41, 5.74) is 31.7. The molecule has 0 saturated heterocycles. The molecule has 1 aromatic heterocycles. The van der Waals surface area contributed by atoms with Crippen LogP contribution in [0.1, 0.15) is 90.0 Å². The summed E-state index contributed by atoms with van der Waals surface area (Å²) in [5, 5.41) is -0.0102. The molecule has 0 aliphatic carbocycles. The van der Waals surface area contributed by atoms with Crippen molar-refractivity contribution >= 4 is 79.0 Å². The van der Waals surface area contributed by atoms with Crippen LogP contribution in [0.4, 0.5) is 34.1 Å². The van der Waals surface area contributed by atoms with Crippen LogP contribution in [0.25, 0.3) is 139 Å². The molecular formula is C114H92BN3. The van der Waals surface area contributed by atoms with Crippen LogP contribution in [0.5, 0.6) is 0 Å². The Morgan fingerprint density at radius 2 is 0.568 bits per heavy atom. The second-order valence-electron chi connectivity index (χ2n) is 34.7. The average molecular weight is 1520 g/mol. The molecule has 3 nitrogen and oxygen atoms in total. The quantitative estimate of drug-likeness (QED) is 0.107. The van der Waals surface area contributed by atoms with Gasteiger partial charge in [-0.25, -0.2) is 0 Å². The molecule has 2 aliphatic heterocycles. The third-order valence-corrected chi connectivity index (χ3v) is 24.0. The van der Waals surface area contributed by atoms with Crippen LogP contribution < -0.4 is 26.2 Å². The zero-order valence-electron chi connectivity index (χ0n) is 75.8. The van der Waals surface area contributed by atoms with Crippen LogP contribution in [-0.4, -0.2) is 11.3 Å². The van der Waals surface area contributed by atoms with Gasteiger partial charge in [0.25, 0.3) is 6.71 Å². The van der Waals surface area contributed by atoms with E-state index >= 15 is 0 Å². The van der Waals surface area contributed by atoms with Crippen molar-refractivity contribution in [3.05, 3.63) is 411 Å². The Bertz CT molecular complexity index is 7100. The molecule has 2 aliphatic rings. The number of aromatic nitrogens is 1. The first-order chi connectivity index (χ1) is 60.7. The maximum Gasteiger partial charge on any atom is 0.252 e. The minimum atomic E-state index is -0.602. The fraction of sp³-hybridized carbons (Fsp3) is 0.105. The minimum Gasteiger partial charge on any atom is -0.310 e. The van der Waals surface area contributed by atoms with Crippen LogP contribution in [0.3, 0.4) is 0 Å². The van der Waals surface area contributed by atoms with Gasteiger partial charge in [-0.1, -0.05) is 359 Å². The second kappa shape index (κ2) is 29.2. The third-order valence-electron chi connectivity index (χ3n) is 24.0. The largest absolute Gasteiger partial charge is 0.310 e. The summed E-state index contributed by atoms with van der Waals surface area (Å²) in [6.45, 7) is 19.9. The lowest BCUT2D eigenvalue weighted by Crippen LogP contribution is -2.61. The van der Waals surface area contributed by atoms with E-state index in [1.807, 2.05) is 6.07 Å². The van der Waals surface area contributed by atoms with Gasteiger partial charge in [0, 0.05) is 61.5 Å². The fourth-order valence-electron chi connectivity index (χ4n) is 17.9. The standard InChI is InChI=1S/C114H92BN3/c1-112(2,3)91-57-54-79(55-58-91)90-68-107-109-108(69-90)118(111-99(85-48-32-46-82(62-85)75-34-16-10-17-35-75)72-93(114(7,8)9)73-100(111)86-49-33-47-83(63-86)76-36-18-11-19-37-76)106-74-94(116-103-52-30-28-50-95(103)96-51-29-31-53-104(96)116)59-60-101(106)115(109)102-67-84(89-65-87(77-38-20-12-21-39-77)64-88(66-89)78-40-22-13-23-41-78)56-61-105(102)117(107)110-97(80-42-24-14-25-43-80)70-92(113(4,5)6)71-98(110)81-44-26-15-27-45-81/h10-74H,1-9H3/i28D,29D,30D,31D,50D,51D,52D,53D. The Morgan fingerprint density at radius 1 is 0.237 bits per heavy atom. The van der Waals surface area contributed by atoms with Gasteiger partial charge in [-0.05, 0) is 235 Å². The van der Waals surface area contributed by atoms with Gasteiger partial charge in [-0.3, -0.25) is 0 Å². The van der Waals surface area contributed by atoms with E-state index in [-0.39, 0.29) is 44.7 Å². The van der Waals surface area contributed by atoms with E-state index in [0.29, 0.717) is 5.69 Å². The van der Waals surface area contributed by atoms with Crippen LogP contribution >= 0.6 is 0 Å². The topological polar surface area (TPSA) is 11.4 Å². The highest BCUT2D eigenvalue weighted by Crippen LogP contribution is 2.56. The molecule has 0 fully saturated rings. The highest BCUT2D eigenvalue weighted by molar-refractivity contribution is 7.00. The van der Waals surface area contributed by atoms with Crippen molar-refractivity contribution in [3.63, 3.8) is 0 Å². The molecule has 0 amide bonds. The van der Waals surface area contributed by atoms with Gasteiger partial charge < -0.3 is 14.4 Å². The van der Waals surface area contributed by atoms with Crippen molar-refractivity contribution in [2.45, 2.75) is 78.6 Å². The molecule has 0 saturated carbocycles. The summed E-state index contributed by atoms with van der Waals surface area (Å²) < 4.78 is 79.0. The lowest BCUT2D eigenvalue weighted by molar-refractivity contribution is 0.590. The first-order valence-electron chi connectivity index (χ1n) is 45.0. The van der Waals surface area contributed by atoms with Crippen molar-refractivity contribution < 1.29 is 11.0 Å². The van der Waals surface area contributed by atoms with Crippen molar-refractivity contribution in [2.24, 2.45) is 0 Å². The average Bonchev–Trinajstić information content (AvgIpc) is 0.930. The SMILES string of the molecule is [2H]c1c([2H])c([2H])c2c(c1[2H])c1c([2H])c([2H])c([2H])c([2H])c1n2-c1ccc2c(c1)N(c1c(-c3cccc(-c4ccccc4)c3)cc(C(C)(C)C)cc1-c1cccc(-c3ccccc3)c1)c1cc(-c3ccc(C(C)(C)C)cc3)cc3c1B2c1cc(-c2cc(-c4ccccc4)cc(-c4ccccc4)c2)ccc1N3c1c(-c2ccccc2)cc(C(C)(C)C)cc1-c1ccccc1. The van der Waals surface area contributed by atoms with Gasteiger partial charge in [0.15, 0.2) is 0 Å². The van der Waals surface area contributed by atoms with Crippen molar-refractivity contribution in [1.29, 1.82) is 0 Å². The molecule has 20 rings (SSSR count). The Morgan fingerprint density at radius 3 is 1.00 bits per heavy atom. The van der Waals surface area contributed by atoms with Crippen LogP contribution in [0.15, 0.2) is 394 Å². The van der Waals surface area contributed by atoms with Crippen LogP contribution in [0.2, 0.25) is 0 Å².